The normalized spacial score (nSPS) is 12.0. The first-order valence-electron chi connectivity index (χ1n) is 3.62. The first-order valence-corrected chi connectivity index (χ1v) is 4.04. The van der Waals surface area contributed by atoms with Crippen LogP contribution in [0.4, 0.5) is 0 Å². The van der Waals surface area contributed by atoms with Crippen LogP contribution in [0.15, 0.2) is 29.3 Å². The zero-order valence-corrected chi connectivity index (χ0v) is 7.43. The van der Waals surface area contributed by atoms with E-state index in [0.29, 0.717) is 6.05 Å². The van der Waals surface area contributed by atoms with Gasteiger partial charge in [0.25, 0.3) is 0 Å². The van der Waals surface area contributed by atoms with Crippen LogP contribution in [-0.2, 0) is 0 Å². The molecule has 0 nitrogen and oxygen atoms in total. The number of terminal acetylenes is 1. The van der Waals surface area contributed by atoms with Crippen molar-refractivity contribution in [1.29, 1.82) is 0 Å². The van der Waals surface area contributed by atoms with Crippen LogP contribution in [0, 0.1) is 12.3 Å². The van der Waals surface area contributed by atoms with Crippen LogP contribution in [0.5, 0.6) is 0 Å². The highest BCUT2D eigenvalue weighted by molar-refractivity contribution is 9.11. The minimum absolute atomic E-state index is 0.392. The fourth-order valence-corrected chi connectivity index (χ4v) is 1.04. The second kappa shape index (κ2) is 4.00. The molecule has 0 unspecified atom stereocenters. The lowest BCUT2D eigenvalue weighted by molar-refractivity contribution is 1.61. The van der Waals surface area contributed by atoms with Gasteiger partial charge in [0.15, 0.2) is 0 Å². The van der Waals surface area contributed by atoms with Gasteiger partial charge in [-0.05, 0) is 22.7 Å². The van der Waals surface area contributed by atoms with Gasteiger partial charge in [0.05, 0.1) is 1.37 Å². The molecule has 0 heterocycles. The molecule has 0 aliphatic carbocycles. The van der Waals surface area contributed by atoms with Gasteiger partial charge >= 0.3 is 0 Å². The first-order chi connectivity index (χ1) is 5.79. The van der Waals surface area contributed by atoms with Crippen LogP contribution in [0.3, 0.4) is 0 Å². The molecule has 0 N–H and O–H groups in total. The smallest absolute Gasteiger partial charge is 0.0635 e. The molecule has 1 rings (SSSR count). The maximum Gasteiger partial charge on any atom is 0.0635 e. The Morgan fingerprint density at radius 2 is 2.27 bits per heavy atom. The zero-order valence-electron chi connectivity index (χ0n) is 6.84. The number of hydrogen-bond acceptors (Lipinski definition) is 0. The molecular formula is C10H7Br. The third kappa shape index (κ3) is 1.96. The van der Waals surface area contributed by atoms with Gasteiger partial charge in [0, 0.05) is 5.56 Å². The minimum atomic E-state index is 0.392. The van der Waals surface area contributed by atoms with E-state index in [-0.39, 0.29) is 0 Å². The summed E-state index contributed by atoms with van der Waals surface area (Å²) in [5.41, 5.74) is 1.52. The van der Waals surface area contributed by atoms with Crippen LogP contribution in [0.25, 0.3) is 6.05 Å². The molecule has 0 fully saturated rings. The second-order valence-electron chi connectivity index (χ2n) is 1.94. The van der Waals surface area contributed by atoms with E-state index >= 15 is 0 Å². The lowest BCUT2D eigenvalue weighted by Gasteiger charge is -1.95. The summed E-state index contributed by atoms with van der Waals surface area (Å²) in [4.78, 5) is 1.54. The Labute approximate surface area is 76.5 Å². The Morgan fingerprint density at radius 3 is 2.91 bits per heavy atom. The summed E-state index contributed by atoms with van der Waals surface area (Å²) in [5, 5.41) is 0. The summed E-state index contributed by atoms with van der Waals surface area (Å²) in [7, 11) is 0. The Kier molecular flexibility index (Phi) is 2.43. The predicted molar refractivity (Wildman–Crippen MR) is 52.3 cm³/mol. The molecule has 0 radical (unpaired) electrons. The van der Waals surface area contributed by atoms with Crippen LogP contribution >= 0.6 is 15.9 Å². The fraction of sp³-hybridized carbons (Fsp3) is 0. The molecular weight excluding hydrogens is 200 g/mol. The highest BCUT2D eigenvalue weighted by Crippen LogP contribution is 2.09. The van der Waals surface area contributed by atoms with Gasteiger partial charge in [-0.1, -0.05) is 40.0 Å². The molecule has 0 saturated heterocycles. The third-order valence-electron chi connectivity index (χ3n) is 1.29. The van der Waals surface area contributed by atoms with Gasteiger partial charge in [0.2, 0.25) is 0 Å². The molecule has 0 saturated carbocycles. The molecule has 54 valence electrons. The van der Waals surface area contributed by atoms with Crippen molar-refractivity contribution in [2.75, 3.05) is 0 Å². The average molecular weight is 208 g/mol. The lowest BCUT2D eigenvalue weighted by atomic mass is 10.1. The fourth-order valence-electron chi connectivity index (χ4n) is 0.794. The molecule has 0 atom stereocenters. The summed E-state index contributed by atoms with van der Waals surface area (Å²) in [6.07, 6.45) is 5.27. The van der Waals surface area contributed by atoms with Crippen molar-refractivity contribution in [3.8, 4) is 12.3 Å². The molecule has 1 aromatic rings. The molecule has 0 bridgehead atoms. The summed E-state index contributed by atoms with van der Waals surface area (Å²) in [6, 6.07) is 7.76. The lowest BCUT2D eigenvalue weighted by Crippen LogP contribution is -1.78. The molecule has 11 heavy (non-hydrogen) atoms. The standard InChI is InChI=1S/C10H7Br/c1-2-9-5-3-4-6-10(9)7-8-11/h1,3-8H/b8-7+/i7D. The van der Waals surface area contributed by atoms with Gasteiger partial charge in [-0.3, -0.25) is 0 Å². The molecule has 0 aliphatic rings. The largest absolute Gasteiger partial charge is 0.115 e. The predicted octanol–water partition coefficient (Wildman–Crippen LogP) is 3.03. The summed E-state index contributed by atoms with van der Waals surface area (Å²) in [6.45, 7) is 0. The molecule has 1 heteroatoms. The van der Waals surface area contributed by atoms with Gasteiger partial charge in [-0.25, -0.2) is 0 Å². The van der Waals surface area contributed by atoms with Crippen molar-refractivity contribution >= 4 is 22.0 Å². The van der Waals surface area contributed by atoms with E-state index in [4.69, 9.17) is 7.79 Å². The van der Waals surface area contributed by atoms with E-state index in [2.05, 4.69) is 21.9 Å². The minimum Gasteiger partial charge on any atom is -0.115 e. The van der Waals surface area contributed by atoms with Crippen LogP contribution in [-0.4, -0.2) is 0 Å². The van der Waals surface area contributed by atoms with Crippen LogP contribution in [0.1, 0.15) is 12.5 Å². The highest BCUT2D eigenvalue weighted by Gasteiger charge is 1.91. The van der Waals surface area contributed by atoms with Gasteiger partial charge in [0.1, 0.15) is 0 Å². The Hall–Kier alpha value is -1.00. The molecule has 0 amide bonds. The first kappa shape index (κ1) is 6.69. The SMILES string of the molecule is [2H]/C(=C\Br)c1ccccc1C#C. The highest BCUT2D eigenvalue weighted by atomic mass is 79.9. The zero-order chi connectivity index (χ0) is 8.97. The molecule has 1 aromatic carbocycles. The Balaban J connectivity index is 3.25. The van der Waals surface area contributed by atoms with Gasteiger partial charge in [-0.15, -0.1) is 6.42 Å². The second-order valence-corrected chi connectivity index (χ2v) is 2.40. The van der Waals surface area contributed by atoms with E-state index in [1.807, 2.05) is 24.3 Å². The van der Waals surface area contributed by atoms with Gasteiger partial charge < -0.3 is 0 Å². The maximum atomic E-state index is 7.52. The summed E-state index contributed by atoms with van der Waals surface area (Å²) < 4.78 is 7.52. The van der Waals surface area contributed by atoms with E-state index < -0.39 is 0 Å². The quantitative estimate of drug-likeness (QED) is 0.622. The van der Waals surface area contributed by atoms with Crippen molar-refractivity contribution in [3.63, 3.8) is 0 Å². The Bertz CT molecular complexity index is 347. The molecule has 0 aliphatic heterocycles. The average Bonchev–Trinajstić information content (AvgIpc) is 2.16. The van der Waals surface area contributed by atoms with Gasteiger partial charge in [-0.2, -0.15) is 0 Å². The summed E-state index contributed by atoms with van der Waals surface area (Å²) in [5.74, 6) is 2.53. The number of hydrogen-bond donors (Lipinski definition) is 0. The number of rotatable bonds is 1. The van der Waals surface area contributed by atoms with Crippen molar-refractivity contribution in [2.24, 2.45) is 0 Å². The third-order valence-corrected chi connectivity index (χ3v) is 1.52. The van der Waals surface area contributed by atoms with Crippen LogP contribution in [0.2, 0.25) is 0 Å². The van der Waals surface area contributed by atoms with E-state index in [1.165, 1.54) is 0 Å². The van der Waals surface area contributed by atoms with Crippen molar-refractivity contribution in [1.82, 2.24) is 0 Å². The summed E-state index contributed by atoms with van der Waals surface area (Å²) >= 11 is 3.10. The number of benzene rings is 1. The van der Waals surface area contributed by atoms with Crippen molar-refractivity contribution in [2.45, 2.75) is 0 Å². The topological polar surface area (TPSA) is 0 Å². The van der Waals surface area contributed by atoms with E-state index in [1.54, 1.807) is 4.99 Å². The van der Waals surface area contributed by atoms with Crippen molar-refractivity contribution in [3.05, 3.63) is 40.4 Å². The molecule has 0 aromatic heterocycles. The monoisotopic (exact) mass is 207 g/mol. The van der Waals surface area contributed by atoms with Crippen LogP contribution < -0.4 is 0 Å². The Morgan fingerprint density at radius 1 is 1.55 bits per heavy atom. The number of halogens is 1. The molecule has 0 spiro atoms. The van der Waals surface area contributed by atoms with E-state index in [9.17, 15) is 0 Å². The van der Waals surface area contributed by atoms with E-state index in [0.717, 1.165) is 11.1 Å². The van der Waals surface area contributed by atoms with Crippen molar-refractivity contribution < 1.29 is 1.37 Å². The maximum absolute atomic E-state index is 7.52.